The highest BCUT2D eigenvalue weighted by atomic mass is 35.5. The van der Waals surface area contributed by atoms with Crippen molar-refractivity contribution in [1.29, 1.82) is 0 Å². The molecule has 4 rings (SSSR count). The van der Waals surface area contributed by atoms with Gasteiger partial charge >= 0.3 is 6.03 Å². The van der Waals surface area contributed by atoms with Crippen LogP contribution < -0.4 is 20.1 Å². The van der Waals surface area contributed by atoms with Gasteiger partial charge in [0.25, 0.3) is 11.8 Å². The van der Waals surface area contributed by atoms with Crippen molar-refractivity contribution in [1.82, 2.24) is 10.2 Å². The van der Waals surface area contributed by atoms with E-state index in [9.17, 15) is 14.4 Å². The third kappa shape index (κ3) is 5.99. The van der Waals surface area contributed by atoms with Crippen LogP contribution in [0.25, 0.3) is 6.08 Å². The molecule has 1 aliphatic heterocycles. The minimum atomic E-state index is -0.507. The summed E-state index contributed by atoms with van der Waals surface area (Å²) in [5, 5.41) is 5.91. The van der Waals surface area contributed by atoms with E-state index in [-0.39, 0.29) is 24.8 Å². The fourth-order valence-corrected chi connectivity index (χ4v) is 3.54. The summed E-state index contributed by atoms with van der Waals surface area (Å²) in [7, 11) is 1.47. The lowest BCUT2D eigenvalue weighted by atomic mass is 10.1. The molecule has 1 saturated heterocycles. The third-order valence-corrected chi connectivity index (χ3v) is 5.38. The molecule has 0 spiro atoms. The van der Waals surface area contributed by atoms with Crippen molar-refractivity contribution in [3.63, 3.8) is 0 Å². The Kier molecular flexibility index (Phi) is 7.32. The molecule has 1 fully saturated rings. The average molecular weight is 492 g/mol. The SMILES string of the molecule is COc1cc(/C=C2\NC(=O)N(Cc3ccc(Cl)cc3)C2=O)ccc1OCC(=O)Nc1ccccc1. The number of ether oxygens (including phenoxy) is 2. The van der Waals surface area contributed by atoms with Gasteiger partial charge in [-0.2, -0.15) is 0 Å². The van der Waals surface area contributed by atoms with Crippen molar-refractivity contribution < 1.29 is 23.9 Å². The number of nitrogens with one attached hydrogen (secondary N) is 2. The quantitative estimate of drug-likeness (QED) is 0.358. The molecular weight excluding hydrogens is 470 g/mol. The van der Waals surface area contributed by atoms with E-state index in [2.05, 4.69) is 10.6 Å². The molecular formula is C26H22ClN3O5. The summed E-state index contributed by atoms with van der Waals surface area (Å²) in [5.74, 6) is -0.0167. The number of benzene rings is 3. The second kappa shape index (κ2) is 10.8. The highest BCUT2D eigenvalue weighted by Gasteiger charge is 2.33. The summed E-state index contributed by atoms with van der Waals surface area (Å²) in [6.45, 7) is -0.0831. The number of anilines is 1. The van der Waals surface area contributed by atoms with E-state index in [1.807, 2.05) is 18.2 Å². The van der Waals surface area contributed by atoms with Gasteiger partial charge in [-0.1, -0.05) is 48.0 Å². The Morgan fingerprint density at radius 2 is 1.77 bits per heavy atom. The van der Waals surface area contributed by atoms with Crippen LogP contribution in [-0.2, 0) is 16.1 Å². The maximum absolute atomic E-state index is 12.8. The van der Waals surface area contributed by atoms with E-state index < -0.39 is 11.9 Å². The Hall–Kier alpha value is -4.30. The van der Waals surface area contributed by atoms with Gasteiger partial charge in [0.1, 0.15) is 5.70 Å². The van der Waals surface area contributed by atoms with Crippen molar-refractivity contribution in [3.8, 4) is 11.5 Å². The molecule has 0 radical (unpaired) electrons. The summed E-state index contributed by atoms with van der Waals surface area (Å²) in [6, 6.07) is 20.4. The molecule has 178 valence electrons. The molecule has 3 aromatic carbocycles. The maximum atomic E-state index is 12.8. The van der Waals surface area contributed by atoms with Gasteiger partial charge in [0.2, 0.25) is 0 Å². The molecule has 35 heavy (non-hydrogen) atoms. The number of rotatable bonds is 8. The van der Waals surface area contributed by atoms with E-state index in [1.54, 1.807) is 60.7 Å². The van der Waals surface area contributed by atoms with Crippen LogP contribution in [0.4, 0.5) is 10.5 Å². The predicted molar refractivity (Wildman–Crippen MR) is 132 cm³/mol. The summed E-state index contributed by atoms with van der Waals surface area (Å²) >= 11 is 5.90. The van der Waals surface area contributed by atoms with Crippen LogP contribution in [0.1, 0.15) is 11.1 Å². The first-order valence-electron chi connectivity index (χ1n) is 10.7. The van der Waals surface area contributed by atoms with E-state index in [0.29, 0.717) is 27.8 Å². The number of halogens is 1. The highest BCUT2D eigenvalue weighted by molar-refractivity contribution is 6.30. The van der Waals surface area contributed by atoms with Crippen molar-refractivity contribution in [2.24, 2.45) is 0 Å². The standard InChI is InChI=1S/C26H22ClN3O5/c1-34-23-14-18(9-12-22(23)35-16-24(31)28-20-5-3-2-4-6-20)13-21-25(32)30(26(33)29-21)15-17-7-10-19(27)11-8-17/h2-14H,15-16H2,1H3,(H,28,31)(H,29,33)/b21-13-. The molecule has 2 N–H and O–H groups in total. The summed E-state index contributed by atoms with van der Waals surface area (Å²) in [4.78, 5) is 38.4. The van der Waals surface area contributed by atoms with Gasteiger partial charge in [0.05, 0.1) is 13.7 Å². The number of urea groups is 1. The zero-order valence-corrected chi connectivity index (χ0v) is 19.5. The number of methoxy groups -OCH3 is 1. The van der Waals surface area contributed by atoms with Crippen LogP contribution in [0, 0.1) is 0 Å². The molecule has 1 aliphatic rings. The maximum Gasteiger partial charge on any atom is 0.329 e. The lowest BCUT2D eigenvalue weighted by Gasteiger charge is -2.12. The minimum Gasteiger partial charge on any atom is -0.493 e. The van der Waals surface area contributed by atoms with Crippen LogP contribution in [0.2, 0.25) is 5.02 Å². The zero-order chi connectivity index (χ0) is 24.8. The molecule has 9 heteroatoms. The normalized spacial score (nSPS) is 14.1. The van der Waals surface area contributed by atoms with Crippen LogP contribution in [0.15, 0.2) is 78.5 Å². The molecule has 1 heterocycles. The molecule has 0 atom stereocenters. The van der Waals surface area contributed by atoms with Crippen LogP contribution in [0.5, 0.6) is 11.5 Å². The van der Waals surface area contributed by atoms with Crippen LogP contribution in [0.3, 0.4) is 0 Å². The second-order valence-corrected chi connectivity index (χ2v) is 8.06. The first-order chi connectivity index (χ1) is 16.9. The molecule has 0 aliphatic carbocycles. The number of carbonyl (C=O) groups excluding carboxylic acids is 3. The van der Waals surface area contributed by atoms with Gasteiger partial charge in [-0.3, -0.25) is 14.5 Å². The molecule has 0 bridgehead atoms. The van der Waals surface area contributed by atoms with E-state index in [4.69, 9.17) is 21.1 Å². The van der Waals surface area contributed by atoms with Crippen molar-refractivity contribution in [2.75, 3.05) is 19.0 Å². The Morgan fingerprint density at radius 1 is 1.03 bits per heavy atom. The van der Waals surface area contributed by atoms with Crippen LogP contribution in [-0.4, -0.2) is 36.5 Å². The summed E-state index contributed by atoms with van der Waals surface area (Å²) in [6.07, 6.45) is 1.55. The Morgan fingerprint density at radius 3 is 2.49 bits per heavy atom. The number of amides is 4. The lowest BCUT2D eigenvalue weighted by Crippen LogP contribution is -2.30. The first-order valence-corrected chi connectivity index (χ1v) is 11.1. The molecule has 0 unspecified atom stereocenters. The van der Waals surface area contributed by atoms with Gasteiger partial charge in [0.15, 0.2) is 18.1 Å². The Labute approximate surface area is 207 Å². The Balaban J connectivity index is 1.42. The molecule has 4 amide bonds. The van der Waals surface area contributed by atoms with E-state index >= 15 is 0 Å². The number of hydrogen-bond acceptors (Lipinski definition) is 5. The second-order valence-electron chi connectivity index (χ2n) is 7.62. The number of imide groups is 1. The van der Waals surface area contributed by atoms with E-state index in [0.717, 1.165) is 10.5 Å². The number of hydrogen-bond donors (Lipinski definition) is 2. The number of carbonyl (C=O) groups is 3. The average Bonchev–Trinajstić information content (AvgIpc) is 3.12. The topological polar surface area (TPSA) is 97.0 Å². The summed E-state index contributed by atoms with van der Waals surface area (Å²) < 4.78 is 11.0. The molecule has 8 nitrogen and oxygen atoms in total. The smallest absolute Gasteiger partial charge is 0.329 e. The number of nitrogens with zero attached hydrogens (tertiary/aromatic N) is 1. The predicted octanol–water partition coefficient (Wildman–Crippen LogP) is 4.46. The summed E-state index contributed by atoms with van der Waals surface area (Å²) in [5.41, 5.74) is 2.20. The Bertz CT molecular complexity index is 1280. The van der Waals surface area contributed by atoms with Gasteiger partial charge in [-0.25, -0.2) is 4.79 Å². The van der Waals surface area contributed by atoms with Crippen molar-refractivity contribution in [2.45, 2.75) is 6.54 Å². The third-order valence-electron chi connectivity index (χ3n) is 5.13. The molecule has 0 saturated carbocycles. The molecule has 3 aromatic rings. The minimum absolute atomic E-state index is 0.125. The fraction of sp³-hybridized carbons (Fsp3) is 0.115. The van der Waals surface area contributed by atoms with Gasteiger partial charge < -0.3 is 20.1 Å². The van der Waals surface area contributed by atoms with Gasteiger partial charge in [-0.05, 0) is 53.6 Å². The van der Waals surface area contributed by atoms with Gasteiger partial charge in [0, 0.05) is 10.7 Å². The van der Waals surface area contributed by atoms with Crippen molar-refractivity contribution in [3.05, 3.63) is 94.6 Å². The molecule has 0 aromatic heterocycles. The van der Waals surface area contributed by atoms with Crippen LogP contribution >= 0.6 is 11.6 Å². The monoisotopic (exact) mass is 491 g/mol. The van der Waals surface area contributed by atoms with Crippen molar-refractivity contribution >= 4 is 41.2 Å². The fourth-order valence-electron chi connectivity index (χ4n) is 3.41. The highest BCUT2D eigenvalue weighted by Crippen LogP contribution is 2.29. The largest absolute Gasteiger partial charge is 0.493 e. The first kappa shape index (κ1) is 23.8. The van der Waals surface area contributed by atoms with E-state index in [1.165, 1.54) is 7.11 Å². The van der Waals surface area contributed by atoms with Gasteiger partial charge in [-0.15, -0.1) is 0 Å². The zero-order valence-electron chi connectivity index (χ0n) is 18.8. The number of para-hydroxylation sites is 1. The lowest BCUT2D eigenvalue weighted by molar-refractivity contribution is -0.123.